The number of nitrogens with zero attached hydrogens (tertiary/aromatic N) is 6. The maximum Gasteiger partial charge on any atom is 0.411 e. The number of halogens is 2. The van der Waals surface area contributed by atoms with Gasteiger partial charge >= 0.3 is 12.2 Å². The zero-order valence-electron chi connectivity index (χ0n) is 33.0. The molecule has 1 saturated carbocycles. The molecule has 3 aliphatic rings. The summed E-state index contributed by atoms with van der Waals surface area (Å²) >= 11 is 17.6. The van der Waals surface area contributed by atoms with Gasteiger partial charge in [0.2, 0.25) is 0 Å². The third kappa shape index (κ3) is 9.54. The first kappa shape index (κ1) is 40.5. The highest BCUT2D eigenvalue weighted by Gasteiger charge is 2.34. The van der Waals surface area contributed by atoms with E-state index in [0.717, 1.165) is 76.5 Å². The lowest BCUT2D eigenvalue weighted by molar-refractivity contribution is 0.0212. The number of rotatable bonds is 2. The minimum atomic E-state index is -0.590. The molecular weight excluding hydrogens is 785 g/mol. The van der Waals surface area contributed by atoms with E-state index in [2.05, 4.69) is 31.3 Å². The van der Waals surface area contributed by atoms with Gasteiger partial charge in [-0.2, -0.15) is 0 Å². The molecule has 0 atom stereocenters. The van der Waals surface area contributed by atoms with Crippen molar-refractivity contribution in [1.82, 2.24) is 29.7 Å². The van der Waals surface area contributed by atoms with Crippen LogP contribution in [-0.4, -0.2) is 64.6 Å². The molecule has 2 aromatic heterocycles. The van der Waals surface area contributed by atoms with Crippen LogP contribution in [-0.2, 0) is 29.1 Å². The molecule has 0 radical (unpaired) electrons. The van der Waals surface area contributed by atoms with Gasteiger partial charge in [-0.05, 0) is 127 Å². The topological polar surface area (TPSA) is 128 Å². The van der Waals surface area contributed by atoms with Crippen LogP contribution < -0.4 is 5.32 Å². The minimum absolute atomic E-state index is 0.257. The fraction of sp³-hybridized carbons (Fsp3) is 0.429. The number of benzene rings is 3. The van der Waals surface area contributed by atoms with Gasteiger partial charge < -0.3 is 19.3 Å². The van der Waals surface area contributed by atoms with Crippen LogP contribution in [0.15, 0.2) is 65.2 Å². The molecule has 1 fully saturated rings. The van der Waals surface area contributed by atoms with E-state index in [9.17, 15) is 9.59 Å². The SMILES string of the molecule is CC(C)(C)OC(=O)N1CC(=S)Nc2ccc(Cl)cc2C1.CC(C)(C)OC(=O)N1Cc2cc(Cl)ccc2-n2c(nnc2[C@H]2CC[C@@H](c3noc4ccccc43)CC2)C1. The second-order valence-electron chi connectivity index (χ2n) is 16.7. The van der Waals surface area contributed by atoms with Crippen molar-refractivity contribution in [3.63, 3.8) is 0 Å². The summed E-state index contributed by atoms with van der Waals surface area (Å²) in [5.41, 5.74) is 4.49. The van der Waals surface area contributed by atoms with Crippen molar-refractivity contribution in [3.8, 4) is 5.69 Å². The van der Waals surface area contributed by atoms with E-state index in [4.69, 9.17) is 49.4 Å². The number of hydrogen-bond acceptors (Lipinski definition) is 9. The minimum Gasteiger partial charge on any atom is -0.444 e. The average Bonchev–Trinajstić information content (AvgIpc) is 3.66. The highest BCUT2D eigenvalue weighted by molar-refractivity contribution is 7.80. The lowest BCUT2D eigenvalue weighted by Crippen LogP contribution is -2.38. The Hall–Kier alpha value is -4.72. The number of carbonyl (C=O) groups excluding carboxylic acids is 2. The van der Waals surface area contributed by atoms with E-state index < -0.39 is 11.2 Å². The largest absolute Gasteiger partial charge is 0.444 e. The summed E-state index contributed by atoms with van der Waals surface area (Å²) in [6, 6.07) is 19.3. The van der Waals surface area contributed by atoms with Crippen molar-refractivity contribution in [2.75, 3.05) is 11.9 Å². The van der Waals surface area contributed by atoms with Gasteiger partial charge in [0.1, 0.15) is 17.0 Å². The standard InChI is InChI=1S/C28H30ClN5O3.C14H17ClN2O2S/c1-28(2,3)36-27(35)33-15-19-14-20(29)12-13-22(19)34-24(16-33)30-31-26(34)18-10-8-17(9-11-18)25-21-6-4-5-7-23(21)37-32-25;1-14(2,3)19-13(18)17-7-9-6-10(15)4-5-11(9)16-12(20)8-17/h4-7,12-14,17-18H,8-11,15-16H2,1-3H3;4-6H,7-8H2,1-3H3,(H,16,20)/t17-,18+;. The van der Waals surface area contributed by atoms with Crippen molar-refractivity contribution in [3.05, 3.63) is 99.2 Å². The van der Waals surface area contributed by atoms with Gasteiger partial charge in [0, 0.05) is 33.0 Å². The van der Waals surface area contributed by atoms with Gasteiger partial charge in [0.15, 0.2) is 11.4 Å². The van der Waals surface area contributed by atoms with Gasteiger partial charge in [-0.3, -0.25) is 14.4 Å². The molecule has 2 amide bonds. The number of fused-ring (bicyclic) bond motifs is 5. The fourth-order valence-electron chi connectivity index (χ4n) is 7.47. The first-order valence-corrected chi connectivity index (χ1v) is 20.3. The Kier molecular flexibility index (Phi) is 11.5. The van der Waals surface area contributed by atoms with Crippen molar-refractivity contribution in [1.29, 1.82) is 0 Å². The van der Waals surface area contributed by atoms with Crippen LogP contribution in [0.1, 0.15) is 108 Å². The molecule has 0 bridgehead atoms. The molecule has 0 saturated heterocycles. The van der Waals surface area contributed by atoms with Crippen LogP contribution >= 0.6 is 35.4 Å². The number of carbonyl (C=O) groups is 2. The van der Waals surface area contributed by atoms with Crippen molar-refractivity contribution < 1.29 is 23.6 Å². The van der Waals surface area contributed by atoms with E-state index in [0.29, 0.717) is 47.1 Å². The summed E-state index contributed by atoms with van der Waals surface area (Å²) in [4.78, 5) is 29.0. The number of aromatic nitrogens is 4. The van der Waals surface area contributed by atoms with E-state index >= 15 is 0 Å². The first-order valence-electron chi connectivity index (χ1n) is 19.1. The van der Waals surface area contributed by atoms with Gasteiger partial charge in [0.25, 0.3) is 0 Å². The molecule has 8 rings (SSSR count). The van der Waals surface area contributed by atoms with E-state index in [-0.39, 0.29) is 18.1 Å². The van der Waals surface area contributed by atoms with Crippen LogP contribution in [0.4, 0.5) is 15.3 Å². The van der Waals surface area contributed by atoms with Gasteiger partial charge in [-0.15, -0.1) is 10.2 Å². The van der Waals surface area contributed by atoms with Crippen LogP contribution in [0.2, 0.25) is 10.0 Å². The normalized spacial score (nSPS) is 18.2. The molecule has 300 valence electrons. The predicted octanol–water partition coefficient (Wildman–Crippen LogP) is 10.6. The summed E-state index contributed by atoms with van der Waals surface area (Å²) in [6.07, 6.45) is 3.19. The molecule has 4 heterocycles. The molecule has 5 aromatic rings. The Bertz CT molecular complexity index is 2310. The zero-order chi connectivity index (χ0) is 40.6. The number of para-hydroxylation sites is 1. The van der Waals surface area contributed by atoms with E-state index in [1.54, 1.807) is 15.9 Å². The van der Waals surface area contributed by atoms with Crippen LogP contribution in [0.3, 0.4) is 0 Å². The molecule has 1 N–H and O–H groups in total. The Morgan fingerprint density at radius 2 is 1.37 bits per heavy atom. The maximum absolute atomic E-state index is 13.0. The summed E-state index contributed by atoms with van der Waals surface area (Å²) in [7, 11) is 0. The molecule has 15 heteroatoms. The number of anilines is 1. The first-order chi connectivity index (χ1) is 27.0. The molecule has 0 spiro atoms. The lowest BCUT2D eigenvalue weighted by Gasteiger charge is -2.27. The molecule has 57 heavy (non-hydrogen) atoms. The Morgan fingerprint density at radius 3 is 2.05 bits per heavy atom. The second-order valence-corrected chi connectivity index (χ2v) is 18.1. The zero-order valence-corrected chi connectivity index (χ0v) is 35.3. The molecule has 1 aliphatic carbocycles. The maximum atomic E-state index is 13.0. The third-order valence-electron chi connectivity index (χ3n) is 9.96. The predicted molar refractivity (Wildman–Crippen MR) is 224 cm³/mol. The van der Waals surface area contributed by atoms with Crippen molar-refractivity contribution >= 4 is 69.3 Å². The number of ether oxygens (including phenoxy) is 2. The van der Waals surface area contributed by atoms with Crippen molar-refractivity contribution in [2.24, 2.45) is 0 Å². The monoisotopic (exact) mass is 831 g/mol. The highest BCUT2D eigenvalue weighted by atomic mass is 35.5. The van der Waals surface area contributed by atoms with Gasteiger partial charge in [-0.1, -0.05) is 52.7 Å². The highest BCUT2D eigenvalue weighted by Crippen LogP contribution is 2.43. The van der Waals surface area contributed by atoms with Crippen LogP contribution in [0.25, 0.3) is 16.7 Å². The van der Waals surface area contributed by atoms with Crippen molar-refractivity contribution in [2.45, 2.75) is 110 Å². The quantitative estimate of drug-likeness (QED) is 0.172. The molecular formula is C42H47Cl2N7O5S. The summed E-state index contributed by atoms with van der Waals surface area (Å²) < 4.78 is 18.8. The number of thiocarbonyl (C=S) groups is 1. The number of hydrogen-bond donors (Lipinski definition) is 1. The molecule has 3 aromatic carbocycles. The van der Waals surface area contributed by atoms with E-state index in [1.807, 2.05) is 90.1 Å². The summed E-state index contributed by atoms with van der Waals surface area (Å²) in [5.74, 6) is 2.28. The number of amides is 2. The molecule has 0 unspecified atom stereocenters. The van der Waals surface area contributed by atoms with Gasteiger partial charge in [0.05, 0.1) is 42.5 Å². The van der Waals surface area contributed by atoms with Crippen LogP contribution in [0, 0.1) is 0 Å². The average molecular weight is 833 g/mol. The smallest absolute Gasteiger partial charge is 0.411 e. The van der Waals surface area contributed by atoms with E-state index in [1.165, 1.54) is 0 Å². The third-order valence-corrected chi connectivity index (χ3v) is 10.7. The summed E-state index contributed by atoms with van der Waals surface area (Å²) in [6.45, 7) is 12.6. The fourth-order valence-corrected chi connectivity index (χ4v) is 8.12. The van der Waals surface area contributed by atoms with Gasteiger partial charge in [-0.25, -0.2) is 9.59 Å². The Morgan fingerprint density at radius 1 is 0.772 bits per heavy atom. The Balaban J connectivity index is 0.000000210. The summed E-state index contributed by atoms with van der Waals surface area (Å²) in [5, 5.41) is 19.1. The molecule has 2 aliphatic heterocycles. The Labute approximate surface area is 347 Å². The van der Waals surface area contributed by atoms with Crippen LogP contribution in [0.5, 0.6) is 0 Å². The second kappa shape index (κ2) is 16.3. The lowest BCUT2D eigenvalue weighted by atomic mass is 9.79. The molecule has 12 nitrogen and oxygen atoms in total. The number of nitrogens with one attached hydrogen (secondary N) is 1.